The first-order valence-electron chi connectivity index (χ1n) is 10.5. The van der Waals surface area contributed by atoms with Crippen molar-refractivity contribution in [1.82, 2.24) is 5.32 Å². The van der Waals surface area contributed by atoms with Gasteiger partial charge in [0.25, 0.3) is 5.91 Å². The van der Waals surface area contributed by atoms with E-state index in [-0.39, 0.29) is 12.5 Å². The fraction of sp³-hybridized carbons (Fsp3) is 0.565. The van der Waals surface area contributed by atoms with Crippen LogP contribution in [0.25, 0.3) is 11.0 Å². The molecule has 1 N–H and O–H groups in total. The Morgan fingerprint density at radius 2 is 1.75 bits per heavy atom. The molecule has 4 bridgehead atoms. The molecular formula is C23H27NO4. The summed E-state index contributed by atoms with van der Waals surface area (Å²) >= 11 is 0. The lowest BCUT2D eigenvalue weighted by molar-refractivity contribution is -0.123. The van der Waals surface area contributed by atoms with Crippen LogP contribution < -0.4 is 15.7 Å². The van der Waals surface area contributed by atoms with E-state index in [9.17, 15) is 9.59 Å². The van der Waals surface area contributed by atoms with Gasteiger partial charge in [-0.3, -0.25) is 4.79 Å². The van der Waals surface area contributed by atoms with Crippen LogP contribution in [-0.2, 0) is 4.79 Å². The molecule has 0 spiro atoms. The third kappa shape index (κ3) is 3.54. The summed E-state index contributed by atoms with van der Waals surface area (Å²) in [5.74, 6) is 3.26. The van der Waals surface area contributed by atoms with Gasteiger partial charge in [0.05, 0.1) is 0 Å². The van der Waals surface area contributed by atoms with Gasteiger partial charge in [0.15, 0.2) is 6.61 Å². The van der Waals surface area contributed by atoms with Gasteiger partial charge in [-0.05, 0) is 86.3 Å². The van der Waals surface area contributed by atoms with Gasteiger partial charge >= 0.3 is 5.63 Å². The molecule has 6 rings (SSSR count). The highest BCUT2D eigenvalue weighted by atomic mass is 16.5. The molecule has 0 radical (unpaired) electrons. The standard InChI is InChI=1S/C23H27NO4/c25-21(14-27-19-3-1-18-2-4-22(26)28-20(18)10-19)24-6-5-23-11-15-7-16(12-23)9-17(8-15)13-23/h1-4,10,15-17H,5-9,11-14H2,(H,24,25). The molecule has 148 valence electrons. The van der Waals surface area contributed by atoms with Crippen LogP contribution in [0.3, 0.4) is 0 Å². The molecule has 28 heavy (non-hydrogen) atoms. The minimum absolute atomic E-state index is 0.0244. The van der Waals surface area contributed by atoms with Crippen molar-refractivity contribution < 1.29 is 13.9 Å². The minimum Gasteiger partial charge on any atom is -0.484 e. The molecule has 5 nitrogen and oxygen atoms in total. The molecule has 4 aliphatic carbocycles. The smallest absolute Gasteiger partial charge is 0.336 e. The molecule has 4 saturated carbocycles. The summed E-state index contributed by atoms with van der Waals surface area (Å²) in [7, 11) is 0. The predicted octanol–water partition coefficient (Wildman–Crippen LogP) is 3.89. The van der Waals surface area contributed by atoms with Crippen LogP contribution >= 0.6 is 0 Å². The number of hydrogen-bond acceptors (Lipinski definition) is 4. The number of benzene rings is 1. The molecule has 1 heterocycles. The van der Waals surface area contributed by atoms with E-state index in [4.69, 9.17) is 9.15 Å². The molecule has 0 saturated heterocycles. The van der Waals surface area contributed by atoms with Crippen LogP contribution in [0.1, 0.15) is 44.9 Å². The Hall–Kier alpha value is -2.30. The Bertz CT molecular complexity index is 912. The van der Waals surface area contributed by atoms with E-state index in [1.54, 1.807) is 18.2 Å². The molecule has 0 aliphatic heterocycles. The molecule has 4 fully saturated rings. The van der Waals surface area contributed by atoms with Gasteiger partial charge < -0.3 is 14.5 Å². The van der Waals surface area contributed by atoms with Gasteiger partial charge in [-0.2, -0.15) is 0 Å². The zero-order valence-corrected chi connectivity index (χ0v) is 16.1. The summed E-state index contributed by atoms with van der Waals surface area (Å²) in [5.41, 5.74) is 0.554. The summed E-state index contributed by atoms with van der Waals surface area (Å²) in [6, 6.07) is 8.35. The Kier molecular flexibility index (Phi) is 4.41. The predicted molar refractivity (Wildman–Crippen MR) is 106 cm³/mol. The van der Waals surface area contributed by atoms with Crippen molar-refractivity contribution >= 4 is 16.9 Å². The normalized spacial score (nSPS) is 30.5. The Morgan fingerprint density at radius 3 is 2.46 bits per heavy atom. The van der Waals surface area contributed by atoms with Crippen LogP contribution in [0, 0.1) is 23.2 Å². The summed E-state index contributed by atoms with van der Waals surface area (Å²) in [5, 5.41) is 3.86. The summed E-state index contributed by atoms with van der Waals surface area (Å²) in [4.78, 5) is 23.5. The maximum Gasteiger partial charge on any atom is 0.336 e. The largest absolute Gasteiger partial charge is 0.484 e. The van der Waals surface area contributed by atoms with E-state index in [1.165, 1.54) is 44.6 Å². The minimum atomic E-state index is -0.396. The van der Waals surface area contributed by atoms with Gasteiger partial charge in [0.2, 0.25) is 0 Å². The number of amides is 1. The summed E-state index contributed by atoms with van der Waals surface area (Å²) in [6.07, 6.45) is 9.56. The van der Waals surface area contributed by atoms with Crippen molar-refractivity contribution in [3.8, 4) is 5.75 Å². The second kappa shape index (κ2) is 6.94. The number of fused-ring (bicyclic) bond motifs is 1. The number of ether oxygens (including phenoxy) is 1. The number of rotatable bonds is 6. The number of nitrogens with one attached hydrogen (secondary N) is 1. The molecular weight excluding hydrogens is 354 g/mol. The van der Waals surface area contributed by atoms with Crippen molar-refractivity contribution in [3.63, 3.8) is 0 Å². The van der Waals surface area contributed by atoms with Crippen LogP contribution in [0.5, 0.6) is 5.75 Å². The highest BCUT2D eigenvalue weighted by molar-refractivity contribution is 5.79. The second-order valence-corrected chi connectivity index (χ2v) is 9.26. The Balaban J connectivity index is 1.12. The maximum atomic E-state index is 12.2. The lowest BCUT2D eigenvalue weighted by Crippen LogP contribution is -2.47. The van der Waals surface area contributed by atoms with Crippen LogP contribution in [0.4, 0.5) is 0 Å². The molecule has 1 aromatic heterocycles. The van der Waals surface area contributed by atoms with Crippen molar-refractivity contribution in [3.05, 3.63) is 40.8 Å². The lowest BCUT2D eigenvalue weighted by atomic mass is 9.49. The monoisotopic (exact) mass is 381 g/mol. The van der Waals surface area contributed by atoms with Gasteiger partial charge in [0.1, 0.15) is 11.3 Å². The fourth-order valence-electron chi connectivity index (χ4n) is 6.39. The average molecular weight is 381 g/mol. The average Bonchev–Trinajstić information content (AvgIpc) is 2.65. The first-order valence-corrected chi connectivity index (χ1v) is 10.5. The zero-order valence-electron chi connectivity index (χ0n) is 16.1. The number of hydrogen-bond donors (Lipinski definition) is 1. The first-order chi connectivity index (χ1) is 13.6. The van der Waals surface area contributed by atoms with Gasteiger partial charge in [0, 0.05) is 24.1 Å². The van der Waals surface area contributed by atoms with E-state index in [2.05, 4.69) is 5.32 Å². The fourth-order valence-corrected chi connectivity index (χ4v) is 6.39. The SMILES string of the molecule is O=C(COc1ccc2ccc(=O)oc2c1)NCCC12CC3CC(CC(C3)C1)C2. The van der Waals surface area contributed by atoms with E-state index >= 15 is 0 Å². The second-order valence-electron chi connectivity index (χ2n) is 9.26. The van der Waals surface area contributed by atoms with Crippen molar-refractivity contribution in [1.29, 1.82) is 0 Å². The highest BCUT2D eigenvalue weighted by Gasteiger charge is 2.50. The summed E-state index contributed by atoms with van der Waals surface area (Å²) < 4.78 is 10.7. The van der Waals surface area contributed by atoms with Gasteiger partial charge in [-0.1, -0.05) is 0 Å². The lowest BCUT2D eigenvalue weighted by Gasteiger charge is -2.57. The molecule has 5 heteroatoms. The van der Waals surface area contributed by atoms with Gasteiger partial charge in [-0.15, -0.1) is 0 Å². The van der Waals surface area contributed by atoms with E-state index < -0.39 is 5.63 Å². The van der Waals surface area contributed by atoms with Crippen molar-refractivity contribution in [2.24, 2.45) is 23.2 Å². The van der Waals surface area contributed by atoms with Crippen LogP contribution in [-0.4, -0.2) is 19.1 Å². The first kappa shape index (κ1) is 17.8. The van der Waals surface area contributed by atoms with Crippen LogP contribution in [0.15, 0.2) is 39.5 Å². The number of carbonyl (C=O) groups is 1. The van der Waals surface area contributed by atoms with Crippen molar-refractivity contribution in [2.45, 2.75) is 44.9 Å². The van der Waals surface area contributed by atoms with E-state index in [0.717, 1.165) is 36.1 Å². The molecule has 0 unspecified atom stereocenters. The quantitative estimate of drug-likeness (QED) is 0.771. The zero-order chi connectivity index (χ0) is 19.1. The van der Waals surface area contributed by atoms with E-state index in [0.29, 0.717) is 16.7 Å². The maximum absolute atomic E-state index is 12.2. The molecule has 1 aromatic carbocycles. The van der Waals surface area contributed by atoms with Gasteiger partial charge in [-0.25, -0.2) is 4.79 Å². The third-order valence-corrected chi connectivity index (χ3v) is 7.11. The molecule has 4 aliphatic rings. The molecule has 1 amide bonds. The highest BCUT2D eigenvalue weighted by Crippen LogP contribution is 2.61. The number of carbonyl (C=O) groups excluding carboxylic acids is 1. The third-order valence-electron chi connectivity index (χ3n) is 7.11. The van der Waals surface area contributed by atoms with Crippen LogP contribution in [0.2, 0.25) is 0 Å². The molecule has 2 aromatic rings. The molecule has 0 atom stereocenters. The Labute approximate surface area is 164 Å². The topological polar surface area (TPSA) is 68.5 Å². The van der Waals surface area contributed by atoms with E-state index in [1.807, 2.05) is 6.07 Å². The summed E-state index contributed by atoms with van der Waals surface area (Å²) in [6.45, 7) is 0.713. The van der Waals surface area contributed by atoms with Crippen molar-refractivity contribution in [2.75, 3.05) is 13.2 Å². The Morgan fingerprint density at radius 1 is 1.07 bits per heavy atom.